The fourth-order valence-electron chi connectivity index (χ4n) is 4.56. The van der Waals surface area contributed by atoms with Crippen molar-refractivity contribution < 1.29 is 13.9 Å². The number of hydrogen-bond donors (Lipinski definition) is 0. The molecule has 0 spiro atoms. The van der Waals surface area contributed by atoms with Crippen LogP contribution in [0.2, 0.25) is 0 Å². The van der Waals surface area contributed by atoms with E-state index in [0.717, 1.165) is 51.0 Å². The topological polar surface area (TPSA) is 50.1 Å². The molecule has 8 heteroatoms. The molecule has 0 aliphatic carbocycles. The Morgan fingerprint density at radius 3 is 2.57 bits per heavy atom. The van der Waals surface area contributed by atoms with E-state index in [1.807, 2.05) is 53.6 Å². The minimum Gasteiger partial charge on any atom is -0.497 e. The Labute approximate surface area is 205 Å². The Morgan fingerprint density at radius 1 is 1.00 bits per heavy atom. The van der Waals surface area contributed by atoms with Gasteiger partial charge in [0, 0.05) is 49.2 Å². The van der Waals surface area contributed by atoms with Crippen molar-refractivity contribution in [3.63, 3.8) is 0 Å². The molecule has 0 unspecified atom stereocenters. The van der Waals surface area contributed by atoms with Crippen LogP contribution in [0.5, 0.6) is 5.75 Å². The highest BCUT2D eigenvalue weighted by Gasteiger charge is 2.23. The third kappa shape index (κ3) is 4.00. The van der Waals surface area contributed by atoms with Crippen LogP contribution in [0.15, 0.2) is 72.9 Å². The van der Waals surface area contributed by atoms with Crippen LogP contribution in [-0.2, 0) is 0 Å². The number of carbonyl (C=O) groups is 1. The van der Waals surface area contributed by atoms with Crippen molar-refractivity contribution in [3.05, 3.63) is 84.3 Å². The van der Waals surface area contributed by atoms with E-state index >= 15 is 0 Å². The quantitative estimate of drug-likeness (QED) is 0.345. The maximum absolute atomic E-state index is 13.2. The monoisotopic (exact) mass is 486 g/mol. The normalized spacial score (nSPS) is 14.1. The summed E-state index contributed by atoms with van der Waals surface area (Å²) in [7, 11) is 1.66. The van der Waals surface area contributed by atoms with Crippen LogP contribution in [0.3, 0.4) is 0 Å². The Hall–Kier alpha value is -3.91. The molecule has 35 heavy (non-hydrogen) atoms. The summed E-state index contributed by atoms with van der Waals surface area (Å²) in [6.07, 6.45) is 2.03. The first kappa shape index (κ1) is 21.6. The number of carbonyl (C=O) groups excluding carboxylic acids is 1. The highest BCUT2D eigenvalue weighted by Crippen LogP contribution is 2.31. The number of anilines is 1. The lowest BCUT2D eigenvalue weighted by molar-refractivity contribution is 0.0747. The maximum Gasteiger partial charge on any atom is 0.254 e. The van der Waals surface area contributed by atoms with Crippen molar-refractivity contribution in [2.75, 3.05) is 38.2 Å². The van der Waals surface area contributed by atoms with Crippen LogP contribution in [-0.4, -0.2) is 53.5 Å². The molecule has 5 aromatic rings. The minimum atomic E-state index is -0.240. The number of halogens is 1. The minimum absolute atomic E-state index is 0.0359. The van der Waals surface area contributed by atoms with E-state index in [1.54, 1.807) is 30.6 Å². The second-order valence-corrected chi connectivity index (χ2v) is 9.56. The van der Waals surface area contributed by atoms with Crippen molar-refractivity contribution >= 4 is 38.1 Å². The third-order valence-electron chi connectivity index (χ3n) is 6.47. The van der Waals surface area contributed by atoms with E-state index in [4.69, 9.17) is 9.72 Å². The van der Waals surface area contributed by atoms with Crippen molar-refractivity contribution in [2.45, 2.75) is 0 Å². The van der Waals surface area contributed by atoms with E-state index in [0.29, 0.717) is 18.7 Å². The van der Waals surface area contributed by atoms with Crippen LogP contribution in [0.25, 0.3) is 26.4 Å². The first-order chi connectivity index (χ1) is 17.1. The van der Waals surface area contributed by atoms with Crippen molar-refractivity contribution in [1.82, 2.24) is 14.3 Å². The van der Waals surface area contributed by atoms with Gasteiger partial charge in [0.05, 0.1) is 23.0 Å². The standard InChI is InChI=1S/C27H23FN4O2S/c1-34-22-4-2-3-18(15-22)23-17-32-24-10-5-19(16-25(24)35-27(32)29-23)26(33)31-13-11-30(12-14-31)21-8-6-20(28)7-9-21/h2-10,15-17H,11-14H2,1H3. The van der Waals surface area contributed by atoms with Crippen LogP contribution in [0, 0.1) is 5.82 Å². The van der Waals surface area contributed by atoms with Gasteiger partial charge in [-0.2, -0.15) is 0 Å². The molecule has 1 fully saturated rings. The second kappa shape index (κ2) is 8.70. The third-order valence-corrected chi connectivity index (χ3v) is 7.48. The summed E-state index contributed by atoms with van der Waals surface area (Å²) in [4.78, 5) is 23.0. The van der Waals surface area contributed by atoms with Gasteiger partial charge in [-0.3, -0.25) is 9.20 Å². The van der Waals surface area contributed by atoms with Gasteiger partial charge in [-0.25, -0.2) is 9.37 Å². The lowest BCUT2D eigenvalue weighted by atomic mass is 10.1. The first-order valence-electron chi connectivity index (χ1n) is 11.4. The number of rotatable bonds is 4. The summed E-state index contributed by atoms with van der Waals surface area (Å²) >= 11 is 1.58. The average molecular weight is 487 g/mol. The number of benzene rings is 3. The van der Waals surface area contributed by atoms with Crippen LogP contribution in [0.1, 0.15) is 10.4 Å². The molecule has 6 rings (SSSR count). The van der Waals surface area contributed by atoms with Gasteiger partial charge in [0.25, 0.3) is 5.91 Å². The summed E-state index contributed by atoms with van der Waals surface area (Å²) < 4.78 is 21.7. The Kier molecular flexibility index (Phi) is 5.37. The summed E-state index contributed by atoms with van der Waals surface area (Å²) in [6, 6.07) is 20.2. The fraction of sp³-hybridized carbons (Fsp3) is 0.185. The number of hydrogen-bond acceptors (Lipinski definition) is 5. The molecule has 0 saturated carbocycles. The van der Waals surface area contributed by atoms with E-state index < -0.39 is 0 Å². The molecular weight excluding hydrogens is 463 g/mol. The molecule has 2 aromatic heterocycles. The number of nitrogens with zero attached hydrogens (tertiary/aromatic N) is 4. The number of aromatic nitrogens is 2. The highest BCUT2D eigenvalue weighted by atomic mass is 32.1. The molecule has 0 bridgehead atoms. The van der Waals surface area contributed by atoms with Gasteiger partial charge < -0.3 is 14.5 Å². The lowest BCUT2D eigenvalue weighted by Crippen LogP contribution is -2.48. The van der Waals surface area contributed by atoms with Crippen LogP contribution >= 0.6 is 11.3 Å². The van der Waals surface area contributed by atoms with Gasteiger partial charge in [-0.05, 0) is 54.6 Å². The van der Waals surface area contributed by atoms with Crippen LogP contribution < -0.4 is 9.64 Å². The molecular formula is C27H23FN4O2S. The summed E-state index contributed by atoms with van der Waals surface area (Å²) in [5.41, 5.74) is 4.58. The van der Waals surface area contributed by atoms with E-state index in [2.05, 4.69) is 9.30 Å². The number of methoxy groups -OCH3 is 1. The molecule has 1 amide bonds. The molecule has 0 N–H and O–H groups in total. The number of fused-ring (bicyclic) bond motifs is 3. The zero-order chi connectivity index (χ0) is 23.9. The van der Waals surface area contributed by atoms with Crippen molar-refractivity contribution in [2.24, 2.45) is 0 Å². The molecule has 1 aliphatic heterocycles. The molecule has 3 aromatic carbocycles. The smallest absolute Gasteiger partial charge is 0.254 e. The Balaban J connectivity index is 1.20. The van der Waals surface area contributed by atoms with Gasteiger partial charge in [0.1, 0.15) is 11.6 Å². The van der Waals surface area contributed by atoms with Gasteiger partial charge in [0.15, 0.2) is 4.96 Å². The van der Waals surface area contributed by atoms with Gasteiger partial charge >= 0.3 is 0 Å². The van der Waals surface area contributed by atoms with E-state index in [1.165, 1.54) is 12.1 Å². The number of piperazine rings is 1. The Morgan fingerprint density at radius 2 is 1.80 bits per heavy atom. The zero-order valence-electron chi connectivity index (χ0n) is 19.1. The van der Waals surface area contributed by atoms with Gasteiger partial charge in [-0.1, -0.05) is 23.5 Å². The van der Waals surface area contributed by atoms with Gasteiger partial charge in [-0.15, -0.1) is 0 Å². The average Bonchev–Trinajstić information content (AvgIpc) is 3.47. The van der Waals surface area contributed by atoms with Crippen molar-refractivity contribution in [1.29, 1.82) is 0 Å². The van der Waals surface area contributed by atoms with E-state index in [9.17, 15) is 9.18 Å². The first-order valence-corrected chi connectivity index (χ1v) is 12.3. The summed E-state index contributed by atoms with van der Waals surface area (Å²) in [6.45, 7) is 2.71. The maximum atomic E-state index is 13.2. The summed E-state index contributed by atoms with van der Waals surface area (Å²) in [5.74, 6) is 0.592. The number of thiazole rings is 1. The molecule has 176 valence electrons. The van der Waals surface area contributed by atoms with E-state index in [-0.39, 0.29) is 11.7 Å². The lowest BCUT2D eigenvalue weighted by Gasteiger charge is -2.36. The number of amides is 1. The number of imidazole rings is 1. The molecule has 1 aliphatic rings. The molecule has 6 nitrogen and oxygen atoms in total. The number of ether oxygens (including phenoxy) is 1. The largest absolute Gasteiger partial charge is 0.497 e. The molecule has 0 radical (unpaired) electrons. The van der Waals surface area contributed by atoms with Gasteiger partial charge in [0.2, 0.25) is 0 Å². The van der Waals surface area contributed by atoms with Crippen LogP contribution in [0.4, 0.5) is 10.1 Å². The highest BCUT2D eigenvalue weighted by molar-refractivity contribution is 7.23. The SMILES string of the molecule is COc1cccc(-c2cn3c(n2)sc2cc(C(=O)N4CCN(c5ccc(F)cc5)CC4)ccc23)c1. The predicted molar refractivity (Wildman–Crippen MR) is 137 cm³/mol. The predicted octanol–water partition coefficient (Wildman–Crippen LogP) is 5.33. The molecule has 0 atom stereocenters. The fourth-order valence-corrected chi connectivity index (χ4v) is 5.60. The van der Waals surface area contributed by atoms with Crippen molar-refractivity contribution in [3.8, 4) is 17.0 Å². The molecule has 3 heterocycles. The Bertz CT molecular complexity index is 1530. The summed E-state index contributed by atoms with van der Waals surface area (Å²) in [5, 5.41) is 0. The zero-order valence-corrected chi connectivity index (χ0v) is 20.0. The second-order valence-electron chi connectivity index (χ2n) is 8.55. The molecule has 1 saturated heterocycles.